The van der Waals surface area contributed by atoms with Crippen LogP contribution in [-0.2, 0) is 10.0 Å². The van der Waals surface area contributed by atoms with E-state index >= 15 is 0 Å². The van der Waals surface area contributed by atoms with Gasteiger partial charge in [-0.1, -0.05) is 50.1 Å². The molecule has 0 bridgehead atoms. The Kier molecular flexibility index (Phi) is 7.36. The maximum atomic E-state index is 12.5. The summed E-state index contributed by atoms with van der Waals surface area (Å²) in [6.45, 7) is 4.53. The van der Waals surface area contributed by atoms with Gasteiger partial charge < -0.3 is 5.32 Å². The van der Waals surface area contributed by atoms with Crippen molar-refractivity contribution in [3.05, 3.63) is 65.7 Å². The highest BCUT2D eigenvalue weighted by atomic mass is 32.2. The van der Waals surface area contributed by atoms with E-state index in [1.807, 2.05) is 30.3 Å². The third kappa shape index (κ3) is 5.68. The lowest BCUT2D eigenvalue weighted by Gasteiger charge is -2.15. The molecule has 1 atom stereocenters. The normalized spacial score (nSPS) is 12.5. The van der Waals surface area contributed by atoms with Crippen LogP contribution in [0.4, 0.5) is 0 Å². The van der Waals surface area contributed by atoms with E-state index in [9.17, 15) is 13.2 Å². The summed E-state index contributed by atoms with van der Waals surface area (Å²) in [5, 5.41) is 2.84. The van der Waals surface area contributed by atoms with Crippen LogP contribution in [0.25, 0.3) is 0 Å². The van der Waals surface area contributed by atoms with Crippen LogP contribution in [0, 0.1) is 0 Å². The summed E-state index contributed by atoms with van der Waals surface area (Å²) < 4.78 is 27.7. The first-order valence-corrected chi connectivity index (χ1v) is 10.4. The van der Waals surface area contributed by atoms with E-state index in [1.54, 1.807) is 6.92 Å². The lowest BCUT2D eigenvalue weighted by Crippen LogP contribution is -2.27. The van der Waals surface area contributed by atoms with Gasteiger partial charge in [0.25, 0.3) is 5.91 Å². The summed E-state index contributed by atoms with van der Waals surface area (Å²) in [7, 11) is -3.66. The summed E-state index contributed by atoms with van der Waals surface area (Å²) in [5.41, 5.74) is 1.34. The second-order valence-electron chi connectivity index (χ2n) is 6.24. The van der Waals surface area contributed by atoms with Crippen LogP contribution in [0.1, 0.15) is 55.1 Å². The van der Waals surface area contributed by atoms with Crippen molar-refractivity contribution in [3.8, 4) is 0 Å². The molecule has 0 fully saturated rings. The second-order valence-corrected chi connectivity index (χ2v) is 7.96. The van der Waals surface area contributed by atoms with Crippen molar-refractivity contribution in [2.45, 2.75) is 44.0 Å². The molecule has 2 aromatic carbocycles. The van der Waals surface area contributed by atoms with Crippen molar-refractivity contribution in [2.75, 3.05) is 6.54 Å². The highest BCUT2D eigenvalue weighted by molar-refractivity contribution is 7.89. The van der Waals surface area contributed by atoms with Crippen molar-refractivity contribution >= 4 is 15.9 Å². The summed E-state index contributed by atoms with van der Waals surface area (Å²) in [4.78, 5) is 12.2. The summed E-state index contributed by atoms with van der Waals surface area (Å²) in [6.07, 6.45) is 3.11. The minimum Gasteiger partial charge on any atom is -0.352 e. The van der Waals surface area contributed by atoms with E-state index in [-0.39, 0.29) is 16.8 Å². The van der Waals surface area contributed by atoms with Gasteiger partial charge in [0.15, 0.2) is 0 Å². The van der Waals surface area contributed by atoms with Crippen molar-refractivity contribution in [1.29, 1.82) is 0 Å². The largest absolute Gasteiger partial charge is 0.352 e. The van der Waals surface area contributed by atoms with E-state index in [1.165, 1.54) is 24.3 Å². The number of unbranched alkanes of at least 4 members (excludes halogenated alkanes) is 2. The van der Waals surface area contributed by atoms with Gasteiger partial charge in [-0.05, 0) is 43.2 Å². The Labute approximate surface area is 155 Å². The number of benzene rings is 2. The molecule has 6 heteroatoms. The first kappa shape index (κ1) is 20.1. The molecule has 2 aromatic rings. The molecule has 0 saturated heterocycles. The molecule has 0 radical (unpaired) electrons. The summed E-state index contributed by atoms with van der Waals surface area (Å²) in [6, 6.07) is 15.0. The number of hydrogen-bond acceptors (Lipinski definition) is 3. The molecule has 26 heavy (non-hydrogen) atoms. The summed E-state index contributed by atoms with van der Waals surface area (Å²) >= 11 is 0. The third-order valence-corrected chi connectivity index (χ3v) is 5.68. The molecule has 0 aliphatic carbocycles. The molecule has 2 N–H and O–H groups in total. The van der Waals surface area contributed by atoms with Crippen LogP contribution in [0.2, 0.25) is 0 Å². The fourth-order valence-electron chi connectivity index (χ4n) is 2.57. The number of nitrogens with one attached hydrogen (secondary N) is 2. The smallest absolute Gasteiger partial charge is 0.251 e. The summed E-state index contributed by atoms with van der Waals surface area (Å²) in [5.74, 6) is -0.185. The van der Waals surface area contributed by atoms with Crippen molar-refractivity contribution in [1.82, 2.24) is 10.0 Å². The molecule has 0 aliphatic rings. The lowest BCUT2D eigenvalue weighted by atomic mass is 10.1. The van der Waals surface area contributed by atoms with Gasteiger partial charge in [-0.15, -0.1) is 0 Å². The van der Waals surface area contributed by atoms with Gasteiger partial charge in [0, 0.05) is 18.2 Å². The number of hydrogen-bond donors (Lipinski definition) is 2. The van der Waals surface area contributed by atoms with Gasteiger partial charge in [0.05, 0.1) is 4.90 Å². The van der Waals surface area contributed by atoms with Crippen LogP contribution in [-0.4, -0.2) is 20.9 Å². The van der Waals surface area contributed by atoms with Gasteiger partial charge in [-0.2, -0.15) is 0 Å². The second kappa shape index (κ2) is 9.50. The number of sulfonamides is 1. The maximum Gasteiger partial charge on any atom is 0.251 e. The predicted molar refractivity (Wildman–Crippen MR) is 103 cm³/mol. The Balaban J connectivity index is 2.01. The lowest BCUT2D eigenvalue weighted by molar-refractivity contribution is 0.0953. The minimum atomic E-state index is -3.66. The van der Waals surface area contributed by atoms with Crippen LogP contribution in [0.15, 0.2) is 59.5 Å². The molecule has 0 spiro atoms. The average molecular weight is 375 g/mol. The molecule has 140 valence electrons. The molecular formula is C20H26N2O3S. The van der Waals surface area contributed by atoms with Gasteiger partial charge >= 0.3 is 0 Å². The maximum absolute atomic E-state index is 12.5. The van der Waals surface area contributed by atoms with Crippen LogP contribution >= 0.6 is 0 Å². The van der Waals surface area contributed by atoms with Crippen LogP contribution < -0.4 is 10.0 Å². The Hall–Kier alpha value is -2.18. The first-order chi connectivity index (χ1) is 12.4. The SMILES string of the molecule is CCCCCNC(=O)c1ccc(S(=O)(=O)NC(C)c2ccccc2)cc1. The molecule has 0 saturated carbocycles. The number of amides is 1. The first-order valence-electron chi connectivity index (χ1n) is 8.89. The standard InChI is InChI=1S/C20H26N2O3S/c1-3-4-8-15-21-20(23)18-11-13-19(14-12-18)26(24,25)22-16(2)17-9-6-5-7-10-17/h5-7,9-14,16,22H,3-4,8,15H2,1-2H3,(H,21,23). The van der Waals surface area contributed by atoms with Crippen molar-refractivity contribution in [2.24, 2.45) is 0 Å². The van der Waals surface area contributed by atoms with Crippen molar-refractivity contribution in [3.63, 3.8) is 0 Å². The topological polar surface area (TPSA) is 75.3 Å². The van der Waals surface area contributed by atoms with E-state index in [2.05, 4.69) is 17.0 Å². The molecule has 2 rings (SSSR count). The Morgan fingerprint density at radius 3 is 2.27 bits per heavy atom. The zero-order valence-corrected chi connectivity index (χ0v) is 16.1. The highest BCUT2D eigenvalue weighted by Crippen LogP contribution is 2.17. The van der Waals surface area contributed by atoms with E-state index in [0.717, 1.165) is 24.8 Å². The van der Waals surface area contributed by atoms with Gasteiger partial charge in [-0.3, -0.25) is 4.79 Å². The molecular weight excluding hydrogens is 348 g/mol. The molecule has 0 heterocycles. The third-order valence-electron chi connectivity index (χ3n) is 4.12. The molecule has 1 amide bonds. The van der Waals surface area contributed by atoms with Gasteiger partial charge in [-0.25, -0.2) is 13.1 Å². The Bertz CT molecular complexity index is 803. The van der Waals surface area contributed by atoms with Crippen LogP contribution in [0.5, 0.6) is 0 Å². The quantitative estimate of drug-likeness (QED) is 0.658. The number of carbonyl (C=O) groups excluding carboxylic acids is 1. The fourth-order valence-corrected chi connectivity index (χ4v) is 3.81. The zero-order chi connectivity index (χ0) is 19.0. The minimum absolute atomic E-state index is 0.141. The monoisotopic (exact) mass is 374 g/mol. The van der Waals surface area contributed by atoms with Gasteiger partial charge in [0.2, 0.25) is 10.0 Å². The van der Waals surface area contributed by atoms with E-state index in [0.29, 0.717) is 12.1 Å². The van der Waals surface area contributed by atoms with Gasteiger partial charge in [0.1, 0.15) is 0 Å². The molecule has 0 aliphatic heterocycles. The highest BCUT2D eigenvalue weighted by Gasteiger charge is 2.18. The average Bonchev–Trinajstić information content (AvgIpc) is 2.65. The van der Waals surface area contributed by atoms with E-state index < -0.39 is 10.0 Å². The molecule has 0 aromatic heterocycles. The number of carbonyl (C=O) groups is 1. The van der Waals surface area contributed by atoms with Crippen molar-refractivity contribution < 1.29 is 13.2 Å². The Morgan fingerprint density at radius 2 is 1.65 bits per heavy atom. The predicted octanol–water partition coefficient (Wildman–Crippen LogP) is 3.65. The van der Waals surface area contributed by atoms with E-state index in [4.69, 9.17) is 0 Å². The van der Waals surface area contributed by atoms with Crippen LogP contribution in [0.3, 0.4) is 0 Å². The fraction of sp³-hybridized carbons (Fsp3) is 0.350. The zero-order valence-electron chi connectivity index (χ0n) is 15.2. The molecule has 5 nitrogen and oxygen atoms in total. The Morgan fingerprint density at radius 1 is 1.00 bits per heavy atom. The molecule has 1 unspecified atom stereocenters. The number of rotatable bonds is 9.